The van der Waals surface area contributed by atoms with Gasteiger partial charge in [-0.2, -0.15) is 18.2 Å². The lowest BCUT2D eigenvalue weighted by Gasteiger charge is -2.20. The summed E-state index contributed by atoms with van der Waals surface area (Å²) in [4.78, 5) is 14.0. The highest BCUT2D eigenvalue weighted by atomic mass is 19.4. The zero-order chi connectivity index (χ0) is 22.0. The second-order valence-corrected chi connectivity index (χ2v) is 7.50. The number of aromatic amines is 1. The molecular weight excluding hydrogens is 411 g/mol. The molecule has 2 atom stereocenters. The zero-order valence-electron chi connectivity index (χ0n) is 17.3. The van der Waals surface area contributed by atoms with Gasteiger partial charge < -0.3 is 14.2 Å². The minimum absolute atomic E-state index is 0.0635. The van der Waals surface area contributed by atoms with Gasteiger partial charge >= 0.3 is 6.18 Å². The van der Waals surface area contributed by atoms with Crippen LogP contribution >= 0.6 is 0 Å². The summed E-state index contributed by atoms with van der Waals surface area (Å²) in [6.45, 7) is 5.55. The van der Waals surface area contributed by atoms with Gasteiger partial charge in [-0.1, -0.05) is 23.4 Å². The molecule has 0 radical (unpaired) electrons. The molecule has 1 N–H and O–H groups in total. The van der Waals surface area contributed by atoms with Crippen LogP contribution < -0.4 is 0 Å². The SMILES string of the molecule is CCOC(C)c1noc(CN2CCCC2c2ncc(-c3ccccc3C(F)(F)F)[nH]2)n1. The molecule has 0 saturated carbocycles. The van der Waals surface area contributed by atoms with E-state index >= 15 is 0 Å². The summed E-state index contributed by atoms with van der Waals surface area (Å²) in [6, 6.07) is 5.43. The molecule has 0 spiro atoms. The first kappa shape index (κ1) is 21.5. The molecule has 0 amide bonds. The summed E-state index contributed by atoms with van der Waals surface area (Å²) >= 11 is 0. The minimum atomic E-state index is -4.43. The van der Waals surface area contributed by atoms with Crippen LogP contribution in [0.15, 0.2) is 35.0 Å². The number of H-pyrrole nitrogens is 1. The van der Waals surface area contributed by atoms with Crippen LogP contribution in [0.1, 0.15) is 61.9 Å². The number of hydrogen-bond donors (Lipinski definition) is 1. The van der Waals surface area contributed by atoms with Crippen molar-refractivity contribution in [3.05, 3.63) is 53.6 Å². The van der Waals surface area contributed by atoms with Gasteiger partial charge in [0.25, 0.3) is 0 Å². The van der Waals surface area contributed by atoms with Crippen LogP contribution in [0, 0.1) is 0 Å². The summed E-state index contributed by atoms with van der Waals surface area (Å²) in [5, 5.41) is 3.98. The number of ether oxygens (including phenoxy) is 1. The van der Waals surface area contributed by atoms with Gasteiger partial charge in [-0.15, -0.1) is 0 Å². The van der Waals surface area contributed by atoms with Gasteiger partial charge in [-0.05, 0) is 39.3 Å². The Hall–Kier alpha value is -2.72. The number of nitrogens with zero attached hydrogens (tertiary/aromatic N) is 4. The first-order chi connectivity index (χ1) is 14.9. The summed E-state index contributed by atoms with van der Waals surface area (Å²) in [7, 11) is 0. The third-order valence-corrected chi connectivity index (χ3v) is 5.40. The van der Waals surface area contributed by atoms with Crippen molar-refractivity contribution in [2.45, 2.75) is 51.6 Å². The van der Waals surface area contributed by atoms with E-state index in [9.17, 15) is 13.2 Å². The molecular formula is C21H24F3N5O2. The Bertz CT molecular complexity index is 1020. The predicted molar refractivity (Wildman–Crippen MR) is 106 cm³/mol. The van der Waals surface area contributed by atoms with Crippen LogP contribution in [0.3, 0.4) is 0 Å². The lowest BCUT2D eigenvalue weighted by atomic mass is 10.0. The number of benzene rings is 1. The van der Waals surface area contributed by atoms with E-state index < -0.39 is 11.7 Å². The Kier molecular flexibility index (Phi) is 6.10. The van der Waals surface area contributed by atoms with Crippen molar-refractivity contribution in [1.82, 2.24) is 25.0 Å². The first-order valence-corrected chi connectivity index (χ1v) is 10.3. The highest BCUT2D eigenvalue weighted by Crippen LogP contribution is 2.38. The fraction of sp³-hybridized carbons (Fsp3) is 0.476. The number of likely N-dealkylation sites (tertiary alicyclic amines) is 1. The Morgan fingerprint density at radius 1 is 1.32 bits per heavy atom. The normalized spacial score (nSPS) is 18.5. The van der Waals surface area contributed by atoms with Crippen molar-refractivity contribution in [3.63, 3.8) is 0 Å². The quantitative estimate of drug-likeness (QED) is 0.568. The van der Waals surface area contributed by atoms with E-state index in [0.717, 1.165) is 25.5 Å². The van der Waals surface area contributed by atoms with Gasteiger partial charge in [0.05, 0.1) is 30.0 Å². The van der Waals surface area contributed by atoms with Crippen molar-refractivity contribution < 1.29 is 22.4 Å². The average molecular weight is 435 g/mol. The highest BCUT2D eigenvalue weighted by molar-refractivity contribution is 5.64. The van der Waals surface area contributed by atoms with E-state index in [1.807, 2.05) is 13.8 Å². The molecule has 1 aliphatic rings. The van der Waals surface area contributed by atoms with Crippen molar-refractivity contribution in [3.8, 4) is 11.3 Å². The summed E-state index contributed by atoms with van der Waals surface area (Å²) in [5.41, 5.74) is -0.250. The Morgan fingerprint density at radius 3 is 2.90 bits per heavy atom. The molecule has 1 aromatic carbocycles. The number of alkyl halides is 3. The Balaban J connectivity index is 1.52. The standard InChI is InChI=1S/C21H24F3N5O2/c1-3-30-13(2)19-27-18(31-28-19)12-29-10-6-9-17(29)20-25-11-16(26-20)14-7-4-5-8-15(14)21(22,23)24/h4-5,7-8,11,13,17H,3,6,9-10,12H2,1-2H3,(H,25,26). The lowest BCUT2D eigenvalue weighted by Crippen LogP contribution is -2.23. The van der Waals surface area contributed by atoms with E-state index in [1.54, 1.807) is 6.07 Å². The Labute approximate surface area is 177 Å². The average Bonchev–Trinajstić information content (AvgIpc) is 3.48. The van der Waals surface area contributed by atoms with Crippen molar-refractivity contribution in [2.24, 2.45) is 0 Å². The van der Waals surface area contributed by atoms with Gasteiger partial charge in [-0.3, -0.25) is 4.90 Å². The van der Waals surface area contributed by atoms with Crippen LogP contribution in [0.5, 0.6) is 0 Å². The second kappa shape index (κ2) is 8.80. The molecule has 3 heterocycles. The summed E-state index contributed by atoms with van der Waals surface area (Å²) in [5.74, 6) is 1.60. The Morgan fingerprint density at radius 2 is 2.13 bits per heavy atom. The fourth-order valence-electron chi connectivity index (χ4n) is 3.93. The van der Waals surface area contributed by atoms with Crippen LogP contribution in [0.2, 0.25) is 0 Å². The van der Waals surface area contributed by atoms with E-state index in [1.165, 1.54) is 18.3 Å². The number of halogens is 3. The largest absolute Gasteiger partial charge is 0.417 e. The second-order valence-electron chi connectivity index (χ2n) is 7.50. The molecule has 2 aromatic heterocycles. The lowest BCUT2D eigenvalue weighted by molar-refractivity contribution is -0.137. The van der Waals surface area contributed by atoms with Gasteiger partial charge in [-0.25, -0.2) is 4.98 Å². The molecule has 10 heteroatoms. The van der Waals surface area contributed by atoms with Gasteiger partial charge in [0.1, 0.15) is 11.9 Å². The number of imidazole rings is 1. The van der Waals surface area contributed by atoms with Gasteiger partial charge in [0.2, 0.25) is 5.89 Å². The van der Waals surface area contributed by atoms with E-state index in [4.69, 9.17) is 9.26 Å². The van der Waals surface area contributed by atoms with Crippen molar-refractivity contribution >= 4 is 0 Å². The molecule has 31 heavy (non-hydrogen) atoms. The molecule has 1 saturated heterocycles. The van der Waals surface area contributed by atoms with Crippen LogP contribution in [-0.4, -0.2) is 38.2 Å². The molecule has 4 rings (SSSR count). The third-order valence-electron chi connectivity index (χ3n) is 5.40. The topological polar surface area (TPSA) is 80.1 Å². The van der Waals surface area contributed by atoms with Crippen molar-refractivity contribution in [1.29, 1.82) is 0 Å². The van der Waals surface area contributed by atoms with E-state index in [0.29, 0.717) is 36.4 Å². The maximum atomic E-state index is 13.4. The van der Waals surface area contributed by atoms with Crippen LogP contribution in [0.4, 0.5) is 13.2 Å². The number of hydrogen-bond acceptors (Lipinski definition) is 6. The maximum absolute atomic E-state index is 13.4. The predicted octanol–water partition coefficient (Wildman–Crippen LogP) is 4.91. The van der Waals surface area contributed by atoms with Gasteiger partial charge in [0, 0.05) is 12.2 Å². The fourth-order valence-corrected chi connectivity index (χ4v) is 3.93. The molecule has 1 fully saturated rings. The molecule has 0 bridgehead atoms. The monoisotopic (exact) mass is 435 g/mol. The summed E-state index contributed by atoms with van der Waals surface area (Å²) in [6.07, 6.45) is -1.45. The molecule has 0 aliphatic carbocycles. The highest BCUT2D eigenvalue weighted by Gasteiger charge is 2.34. The molecule has 166 valence electrons. The molecule has 2 unspecified atom stereocenters. The maximum Gasteiger partial charge on any atom is 0.417 e. The number of aromatic nitrogens is 4. The minimum Gasteiger partial charge on any atom is -0.371 e. The number of nitrogens with one attached hydrogen (secondary N) is 1. The van der Waals surface area contributed by atoms with Crippen molar-refractivity contribution in [2.75, 3.05) is 13.2 Å². The van der Waals surface area contributed by atoms with Gasteiger partial charge in [0.15, 0.2) is 5.82 Å². The zero-order valence-corrected chi connectivity index (χ0v) is 17.3. The summed E-state index contributed by atoms with van der Waals surface area (Å²) < 4.78 is 51.0. The van der Waals surface area contributed by atoms with Crippen LogP contribution in [0.25, 0.3) is 11.3 Å². The smallest absolute Gasteiger partial charge is 0.371 e. The third kappa shape index (κ3) is 4.64. The molecule has 1 aliphatic heterocycles. The first-order valence-electron chi connectivity index (χ1n) is 10.3. The molecule has 7 nitrogen and oxygen atoms in total. The number of rotatable bonds is 7. The van der Waals surface area contributed by atoms with E-state index in [2.05, 4.69) is 25.0 Å². The molecule has 3 aromatic rings. The van der Waals surface area contributed by atoms with E-state index in [-0.39, 0.29) is 17.7 Å². The van der Waals surface area contributed by atoms with Crippen LogP contribution in [-0.2, 0) is 17.5 Å².